The number of likely N-dealkylation sites (N-methyl/N-ethyl adjacent to an activating group) is 1. The van der Waals surface area contributed by atoms with Gasteiger partial charge in [-0.05, 0) is 37.7 Å². The van der Waals surface area contributed by atoms with Gasteiger partial charge in [-0.3, -0.25) is 0 Å². The Morgan fingerprint density at radius 2 is 1.95 bits per heavy atom. The first-order valence-electron chi connectivity index (χ1n) is 7.30. The Bertz CT molecular complexity index is 383. The standard InChI is InChI=1S/C16H27N3/c1-13(2)14-5-7-15(8-6-14)19-10-9-17-11-16(19)12-18(3)4/h5-8,13,16-17H,9-12H2,1-4H3. The van der Waals surface area contributed by atoms with E-state index in [4.69, 9.17) is 0 Å². The van der Waals surface area contributed by atoms with E-state index in [1.807, 2.05) is 0 Å². The summed E-state index contributed by atoms with van der Waals surface area (Å²) in [4.78, 5) is 4.81. The van der Waals surface area contributed by atoms with Crippen molar-refractivity contribution in [1.82, 2.24) is 10.2 Å². The minimum absolute atomic E-state index is 0.564. The second kappa shape index (κ2) is 6.40. The van der Waals surface area contributed by atoms with E-state index in [-0.39, 0.29) is 0 Å². The average Bonchev–Trinajstić information content (AvgIpc) is 2.39. The molecular weight excluding hydrogens is 234 g/mol. The molecule has 2 rings (SSSR count). The molecule has 1 saturated heterocycles. The zero-order chi connectivity index (χ0) is 13.8. The van der Waals surface area contributed by atoms with Crippen molar-refractivity contribution in [2.75, 3.05) is 45.2 Å². The summed E-state index contributed by atoms with van der Waals surface area (Å²) in [5, 5.41) is 3.50. The van der Waals surface area contributed by atoms with Gasteiger partial charge in [0, 0.05) is 31.9 Å². The number of hydrogen-bond acceptors (Lipinski definition) is 3. The third-order valence-electron chi connectivity index (χ3n) is 3.82. The Morgan fingerprint density at radius 1 is 1.26 bits per heavy atom. The van der Waals surface area contributed by atoms with Crippen molar-refractivity contribution in [1.29, 1.82) is 0 Å². The predicted molar refractivity (Wildman–Crippen MR) is 83.1 cm³/mol. The van der Waals surface area contributed by atoms with E-state index in [1.165, 1.54) is 11.3 Å². The molecule has 1 atom stereocenters. The number of rotatable bonds is 4. The maximum absolute atomic E-state index is 3.50. The molecule has 1 aromatic rings. The van der Waals surface area contributed by atoms with Gasteiger partial charge >= 0.3 is 0 Å². The quantitative estimate of drug-likeness (QED) is 0.896. The van der Waals surface area contributed by atoms with Gasteiger partial charge in [-0.1, -0.05) is 26.0 Å². The van der Waals surface area contributed by atoms with Gasteiger partial charge in [-0.2, -0.15) is 0 Å². The monoisotopic (exact) mass is 261 g/mol. The van der Waals surface area contributed by atoms with Crippen LogP contribution >= 0.6 is 0 Å². The van der Waals surface area contributed by atoms with Crippen LogP contribution in [0.3, 0.4) is 0 Å². The molecule has 1 aliphatic heterocycles. The van der Waals surface area contributed by atoms with Gasteiger partial charge in [0.1, 0.15) is 0 Å². The number of nitrogens with one attached hydrogen (secondary N) is 1. The van der Waals surface area contributed by atoms with Crippen LogP contribution in [0, 0.1) is 0 Å². The van der Waals surface area contributed by atoms with Crippen LogP contribution in [0.1, 0.15) is 25.3 Å². The van der Waals surface area contributed by atoms with E-state index in [9.17, 15) is 0 Å². The Kier molecular flexibility index (Phi) is 4.83. The van der Waals surface area contributed by atoms with Crippen molar-refractivity contribution < 1.29 is 0 Å². The molecule has 1 heterocycles. The van der Waals surface area contributed by atoms with E-state index in [2.05, 4.69) is 67.3 Å². The Labute approximate surface area is 117 Å². The molecule has 0 saturated carbocycles. The number of benzene rings is 1. The van der Waals surface area contributed by atoms with Crippen LogP contribution < -0.4 is 10.2 Å². The summed E-state index contributed by atoms with van der Waals surface area (Å²) < 4.78 is 0. The molecule has 19 heavy (non-hydrogen) atoms. The topological polar surface area (TPSA) is 18.5 Å². The summed E-state index contributed by atoms with van der Waals surface area (Å²) >= 11 is 0. The van der Waals surface area contributed by atoms with Crippen molar-refractivity contribution in [2.45, 2.75) is 25.8 Å². The summed E-state index contributed by atoms with van der Waals surface area (Å²) in [5.41, 5.74) is 2.78. The van der Waals surface area contributed by atoms with Crippen molar-refractivity contribution in [3.8, 4) is 0 Å². The second-order valence-electron chi connectivity index (χ2n) is 6.06. The highest BCUT2D eigenvalue weighted by atomic mass is 15.3. The van der Waals surface area contributed by atoms with Crippen molar-refractivity contribution in [2.24, 2.45) is 0 Å². The van der Waals surface area contributed by atoms with Gasteiger partial charge < -0.3 is 15.1 Å². The molecule has 0 aromatic heterocycles. The van der Waals surface area contributed by atoms with Gasteiger partial charge in [0.05, 0.1) is 6.04 Å². The van der Waals surface area contributed by atoms with Crippen LogP contribution in [-0.2, 0) is 0 Å². The van der Waals surface area contributed by atoms with Gasteiger partial charge in [0.15, 0.2) is 0 Å². The van der Waals surface area contributed by atoms with Crippen LogP contribution in [0.2, 0.25) is 0 Å². The van der Waals surface area contributed by atoms with E-state index < -0.39 is 0 Å². The zero-order valence-electron chi connectivity index (χ0n) is 12.7. The highest BCUT2D eigenvalue weighted by molar-refractivity contribution is 5.49. The van der Waals surface area contributed by atoms with Crippen LogP contribution in [0.25, 0.3) is 0 Å². The molecule has 3 nitrogen and oxygen atoms in total. The first-order chi connectivity index (χ1) is 9.08. The summed E-state index contributed by atoms with van der Waals surface area (Å²) in [6, 6.07) is 9.67. The van der Waals surface area contributed by atoms with E-state index in [0.717, 1.165) is 26.2 Å². The Morgan fingerprint density at radius 3 is 2.53 bits per heavy atom. The summed E-state index contributed by atoms with van der Waals surface area (Å²) in [6.45, 7) is 8.84. The van der Waals surface area contributed by atoms with E-state index >= 15 is 0 Å². The van der Waals surface area contributed by atoms with Crippen molar-refractivity contribution in [3.63, 3.8) is 0 Å². The summed E-state index contributed by atoms with van der Waals surface area (Å²) in [5.74, 6) is 0.606. The molecule has 1 aliphatic rings. The third-order valence-corrected chi connectivity index (χ3v) is 3.82. The van der Waals surface area contributed by atoms with Crippen LogP contribution in [-0.4, -0.2) is 51.2 Å². The highest BCUT2D eigenvalue weighted by Gasteiger charge is 2.22. The van der Waals surface area contributed by atoms with Gasteiger partial charge in [0.2, 0.25) is 0 Å². The second-order valence-corrected chi connectivity index (χ2v) is 6.06. The predicted octanol–water partition coefficient (Wildman–Crippen LogP) is 2.15. The smallest absolute Gasteiger partial charge is 0.0541 e. The lowest BCUT2D eigenvalue weighted by Gasteiger charge is -2.39. The molecule has 106 valence electrons. The lowest BCUT2D eigenvalue weighted by atomic mass is 10.0. The fourth-order valence-corrected chi connectivity index (χ4v) is 2.74. The number of piperazine rings is 1. The minimum atomic E-state index is 0.564. The SMILES string of the molecule is CC(C)c1ccc(N2CCNCC2CN(C)C)cc1. The van der Waals surface area contributed by atoms with Crippen LogP contribution in [0.5, 0.6) is 0 Å². The van der Waals surface area contributed by atoms with Gasteiger partial charge in [0.25, 0.3) is 0 Å². The molecular formula is C16H27N3. The largest absolute Gasteiger partial charge is 0.365 e. The molecule has 0 bridgehead atoms. The first kappa shape index (κ1) is 14.4. The lowest BCUT2D eigenvalue weighted by molar-refractivity contribution is 0.337. The fourth-order valence-electron chi connectivity index (χ4n) is 2.74. The Balaban J connectivity index is 2.12. The van der Waals surface area contributed by atoms with E-state index in [0.29, 0.717) is 12.0 Å². The molecule has 0 radical (unpaired) electrons. The number of hydrogen-bond donors (Lipinski definition) is 1. The van der Waals surface area contributed by atoms with Crippen LogP contribution in [0.15, 0.2) is 24.3 Å². The van der Waals surface area contributed by atoms with Crippen molar-refractivity contribution in [3.05, 3.63) is 29.8 Å². The third kappa shape index (κ3) is 3.71. The number of anilines is 1. The average molecular weight is 261 g/mol. The lowest BCUT2D eigenvalue weighted by Crippen LogP contribution is -2.55. The summed E-state index contributed by atoms with van der Waals surface area (Å²) in [7, 11) is 4.29. The molecule has 0 aliphatic carbocycles. The normalized spacial score (nSPS) is 20.3. The molecule has 1 aromatic carbocycles. The fraction of sp³-hybridized carbons (Fsp3) is 0.625. The molecule has 1 fully saturated rings. The van der Waals surface area contributed by atoms with E-state index in [1.54, 1.807) is 0 Å². The highest BCUT2D eigenvalue weighted by Crippen LogP contribution is 2.22. The van der Waals surface area contributed by atoms with Gasteiger partial charge in [-0.15, -0.1) is 0 Å². The molecule has 3 heteroatoms. The van der Waals surface area contributed by atoms with Crippen molar-refractivity contribution >= 4 is 5.69 Å². The summed E-state index contributed by atoms with van der Waals surface area (Å²) in [6.07, 6.45) is 0. The maximum atomic E-state index is 3.50. The van der Waals surface area contributed by atoms with Gasteiger partial charge in [-0.25, -0.2) is 0 Å². The first-order valence-corrected chi connectivity index (χ1v) is 7.30. The van der Waals surface area contributed by atoms with Crippen LogP contribution in [0.4, 0.5) is 5.69 Å². The Hall–Kier alpha value is -1.06. The molecule has 0 spiro atoms. The maximum Gasteiger partial charge on any atom is 0.0541 e. The number of nitrogens with zero attached hydrogens (tertiary/aromatic N) is 2. The molecule has 1 N–H and O–H groups in total. The zero-order valence-corrected chi connectivity index (χ0v) is 12.7. The molecule has 0 amide bonds. The molecule has 1 unspecified atom stereocenters. The minimum Gasteiger partial charge on any atom is -0.365 e.